The number of rotatable bonds is 3. The largest absolute Gasteiger partial charge is 0.326 e. The third kappa shape index (κ3) is 3.75. The first kappa shape index (κ1) is 21.3. The minimum absolute atomic E-state index is 0.0213. The van der Waals surface area contributed by atoms with Crippen LogP contribution in [-0.4, -0.2) is 15.9 Å². The molecule has 2 aromatic heterocycles. The number of fused-ring (bicyclic) bond motifs is 3. The minimum Gasteiger partial charge on any atom is -0.326 e. The van der Waals surface area contributed by atoms with Crippen molar-refractivity contribution in [2.24, 2.45) is 0 Å². The number of hydrogen-bond acceptors (Lipinski definition) is 6. The standard InChI is InChI=1S/C29H18N6O/c30-16-18-1-7-24-20(13-18)3-10-27(32-24)35(23-6-9-26-22(15-23)5-12-29(36)34-26)28-11-4-21-14-19(17-31)2-8-25(21)33-28/h1-4,6-11,13-15H,5,12H2,(H,34,36). The van der Waals surface area contributed by atoms with Gasteiger partial charge in [0.2, 0.25) is 5.91 Å². The zero-order chi connectivity index (χ0) is 24.6. The van der Waals surface area contributed by atoms with E-state index >= 15 is 0 Å². The lowest BCUT2D eigenvalue weighted by Gasteiger charge is -2.26. The van der Waals surface area contributed by atoms with Crippen molar-refractivity contribution in [1.82, 2.24) is 9.97 Å². The zero-order valence-electron chi connectivity index (χ0n) is 19.1. The van der Waals surface area contributed by atoms with E-state index in [9.17, 15) is 15.3 Å². The molecular weight excluding hydrogens is 448 g/mol. The molecule has 0 atom stereocenters. The van der Waals surface area contributed by atoms with Crippen LogP contribution in [0.5, 0.6) is 0 Å². The summed E-state index contributed by atoms with van der Waals surface area (Å²) >= 11 is 0. The van der Waals surface area contributed by atoms with Crippen molar-refractivity contribution in [3.63, 3.8) is 0 Å². The number of aromatic nitrogens is 2. The molecule has 0 saturated carbocycles. The fraction of sp³-hybridized carbons (Fsp3) is 0.0690. The second-order valence-electron chi connectivity index (χ2n) is 8.60. The third-order valence-corrected chi connectivity index (χ3v) is 6.31. The Hall–Kier alpha value is -5.27. The summed E-state index contributed by atoms with van der Waals surface area (Å²) in [6.07, 6.45) is 1.11. The molecule has 3 heterocycles. The normalized spacial score (nSPS) is 12.4. The molecule has 3 aromatic carbocycles. The van der Waals surface area contributed by atoms with E-state index in [4.69, 9.17) is 9.97 Å². The van der Waals surface area contributed by atoms with Crippen LogP contribution in [0.1, 0.15) is 23.1 Å². The van der Waals surface area contributed by atoms with Gasteiger partial charge in [0.05, 0.1) is 34.3 Å². The maximum Gasteiger partial charge on any atom is 0.224 e. The van der Waals surface area contributed by atoms with Crippen LogP contribution < -0.4 is 10.2 Å². The first-order valence-corrected chi connectivity index (χ1v) is 11.5. The molecule has 0 radical (unpaired) electrons. The number of amides is 1. The summed E-state index contributed by atoms with van der Waals surface area (Å²) in [5.74, 6) is 1.37. The first-order chi connectivity index (χ1) is 17.6. The lowest BCUT2D eigenvalue weighted by atomic mass is 10.0. The van der Waals surface area contributed by atoms with Crippen molar-refractivity contribution >= 4 is 50.7 Å². The molecule has 7 heteroatoms. The number of carbonyl (C=O) groups excluding carboxylic acids is 1. The number of nitriles is 2. The summed E-state index contributed by atoms with van der Waals surface area (Å²) in [7, 11) is 0. The molecule has 0 spiro atoms. The van der Waals surface area contributed by atoms with E-state index in [0.717, 1.165) is 38.7 Å². The second-order valence-corrected chi connectivity index (χ2v) is 8.60. The fourth-order valence-electron chi connectivity index (χ4n) is 4.51. The minimum atomic E-state index is 0.0213. The smallest absolute Gasteiger partial charge is 0.224 e. The fourth-order valence-corrected chi connectivity index (χ4v) is 4.51. The maximum absolute atomic E-state index is 11.8. The highest BCUT2D eigenvalue weighted by Crippen LogP contribution is 2.37. The van der Waals surface area contributed by atoms with Gasteiger partial charge in [-0.25, -0.2) is 9.97 Å². The van der Waals surface area contributed by atoms with Crippen LogP contribution in [0.15, 0.2) is 78.9 Å². The van der Waals surface area contributed by atoms with Crippen LogP contribution in [0, 0.1) is 22.7 Å². The lowest BCUT2D eigenvalue weighted by Crippen LogP contribution is -2.20. The molecule has 1 aliphatic heterocycles. The summed E-state index contributed by atoms with van der Waals surface area (Å²) in [6.45, 7) is 0. The van der Waals surface area contributed by atoms with E-state index in [1.54, 1.807) is 12.1 Å². The van der Waals surface area contributed by atoms with Gasteiger partial charge in [-0.3, -0.25) is 9.69 Å². The maximum atomic E-state index is 11.8. The van der Waals surface area contributed by atoms with Crippen molar-refractivity contribution in [3.05, 3.63) is 95.6 Å². The topological polar surface area (TPSA) is 106 Å². The van der Waals surface area contributed by atoms with Gasteiger partial charge in [-0.1, -0.05) is 0 Å². The van der Waals surface area contributed by atoms with Crippen LogP contribution in [0.4, 0.5) is 23.0 Å². The van der Waals surface area contributed by atoms with E-state index in [1.165, 1.54) is 0 Å². The Bertz CT molecular complexity index is 1680. The average Bonchev–Trinajstić information content (AvgIpc) is 2.92. The Morgan fingerprint density at radius 3 is 1.92 bits per heavy atom. The van der Waals surface area contributed by atoms with Gasteiger partial charge in [0.15, 0.2) is 0 Å². The monoisotopic (exact) mass is 466 g/mol. The Balaban J connectivity index is 1.52. The van der Waals surface area contributed by atoms with Crippen molar-refractivity contribution < 1.29 is 4.79 Å². The highest BCUT2D eigenvalue weighted by Gasteiger charge is 2.20. The number of aryl methyl sites for hydroxylation is 1. The summed E-state index contributed by atoms with van der Waals surface area (Å²) in [6, 6.07) is 28.8. The third-order valence-electron chi connectivity index (χ3n) is 6.31. The first-order valence-electron chi connectivity index (χ1n) is 11.5. The van der Waals surface area contributed by atoms with Gasteiger partial charge in [0.1, 0.15) is 11.6 Å². The van der Waals surface area contributed by atoms with E-state index < -0.39 is 0 Å². The Morgan fingerprint density at radius 1 is 0.722 bits per heavy atom. The van der Waals surface area contributed by atoms with Crippen molar-refractivity contribution in [2.45, 2.75) is 12.8 Å². The lowest BCUT2D eigenvalue weighted by molar-refractivity contribution is -0.116. The van der Waals surface area contributed by atoms with Gasteiger partial charge < -0.3 is 5.32 Å². The number of nitrogens with one attached hydrogen (secondary N) is 1. The zero-order valence-corrected chi connectivity index (χ0v) is 19.1. The molecular formula is C29H18N6O. The van der Waals surface area contributed by atoms with Gasteiger partial charge in [0, 0.05) is 28.6 Å². The molecule has 6 rings (SSSR count). The number of nitrogens with zero attached hydrogens (tertiary/aromatic N) is 5. The molecule has 0 fully saturated rings. The Labute approximate surface area is 206 Å². The molecule has 0 bridgehead atoms. The average molecular weight is 467 g/mol. The molecule has 1 N–H and O–H groups in total. The molecule has 170 valence electrons. The summed E-state index contributed by atoms with van der Waals surface area (Å²) in [4.78, 5) is 23.6. The molecule has 1 amide bonds. The molecule has 7 nitrogen and oxygen atoms in total. The number of anilines is 4. The van der Waals surface area contributed by atoms with Crippen LogP contribution in [0.25, 0.3) is 21.8 Å². The van der Waals surface area contributed by atoms with Gasteiger partial charge in [0.25, 0.3) is 0 Å². The Morgan fingerprint density at radius 2 is 1.33 bits per heavy atom. The van der Waals surface area contributed by atoms with Crippen LogP contribution in [0.3, 0.4) is 0 Å². The molecule has 0 saturated heterocycles. The van der Waals surface area contributed by atoms with Crippen LogP contribution in [-0.2, 0) is 11.2 Å². The van der Waals surface area contributed by atoms with Crippen LogP contribution >= 0.6 is 0 Å². The van der Waals surface area contributed by atoms with E-state index in [2.05, 4.69) is 23.5 Å². The van der Waals surface area contributed by atoms with Gasteiger partial charge in [-0.2, -0.15) is 10.5 Å². The second kappa shape index (κ2) is 8.50. The highest BCUT2D eigenvalue weighted by molar-refractivity contribution is 5.95. The van der Waals surface area contributed by atoms with E-state index in [1.807, 2.05) is 65.6 Å². The number of carbonyl (C=O) groups is 1. The summed E-state index contributed by atoms with van der Waals surface area (Å²) in [5, 5.41) is 23.2. The van der Waals surface area contributed by atoms with Crippen LogP contribution in [0.2, 0.25) is 0 Å². The molecule has 0 unspecified atom stereocenters. The van der Waals surface area contributed by atoms with Gasteiger partial charge >= 0.3 is 0 Å². The Kier molecular flexibility index (Phi) is 5.02. The summed E-state index contributed by atoms with van der Waals surface area (Å²) < 4.78 is 0. The molecule has 36 heavy (non-hydrogen) atoms. The van der Waals surface area contributed by atoms with E-state index in [-0.39, 0.29) is 5.91 Å². The molecule has 1 aliphatic rings. The predicted molar refractivity (Wildman–Crippen MR) is 138 cm³/mol. The molecule has 5 aromatic rings. The van der Waals surface area contributed by atoms with Gasteiger partial charge in [-0.05, 0) is 90.8 Å². The SMILES string of the molecule is N#Cc1ccc2nc(N(c3ccc4c(c3)CCC(=O)N4)c3ccc4cc(C#N)ccc4n3)ccc2c1. The number of benzene rings is 3. The van der Waals surface area contributed by atoms with Crippen molar-refractivity contribution in [3.8, 4) is 12.1 Å². The van der Waals surface area contributed by atoms with Crippen molar-refractivity contribution in [1.29, 1.82) is 10.5 Å². The molecule has 0 aliphatic carbocycles. The summed E-state index contributed by atoms with van der Waals surface area (Å²) in [5.41, 5.74) is 5.43. The predicted octanol–water partition coefficient (Wildman–Crippen LogP) is 5.88. The van der Waals surface area contributed by atoms with E-state index in [0.29, 0.717) is 35.6 Å². The highest BCUT2D eigenvalue weighted by atomic mass is 16.1. The number of pyridine rings is 2. The van der Waals surface area contributed by atoms with Crippen molar-refractivity contribution in [2.75, 3.05) is 10.2 Å². The van der Waals surface area contributed by atoms with Gasteiger partial charge in [-0.15, -0.1) is 0 Å². The number of hydrogen-bond donors (Lipinski definition) is 1. The quantitative estimate of drug-likeness (QED) is 0.356.